The van der Waals surface area contributed by atoms with Gasteiger partial charge in [-0.25, -0.2) is 8.42 Å². The fourth-order valence-electron chi connectivity index (χ4n) is 2.11. The molecule has 0 aliphatic carbocycles. The maximum atomic E-state index is 12.4. The fraction of sp³-hybridized carbons (Fsp3) is 0.500. The molecule has 2 rings (SSSR count). The van der Waals surface area contributed by atoms with Crippen LogP contribution in [0.1, 0.15) is 18.4 Å². The van der Waals surface area contributed by atoms with Gasteiger partial charge in [-0.05, 0) is 43.7 Å². The van der Waals surface area contributed by atoms with Gasteiger partial charge in [0.15, 0.2) is 9.84 Å². The largest absolute Gasteiger partial charge is 0.416 e. The van der Waals surface area contributed by atoms with Gasteiger partial charge in [-0.2, -0.15) is 13.2 Å². The number of piperidine rings is 1. The van der Waals surface area contributed by atoms with Crippen molar-refractivity contribution in [2.24, 2.45) is 0 Å². The molecule has 1 aromatic carbocycles. The van der Waals surface area contributed by atoms with Gasteiger partial charge in [0, 0.05) is 6.54 Å². The van der Waals surface area contributed by atoms with E-state index < -0.39 is 26.8 Å². The summed E-state index contributed by atoms with van der Waals surface area (Å²) in [5.74, 6) is 0. The zero-order valence-corrected chi connectivity index (χ0v) is 10.9. The summed E-state index contributed by atoms with van der Waals surface area (Å²) in [6, 6.07) is 3.69. The molecule has 1 saturated heterocycles. The molecule has 1 aromatic rings. The monoisotopic (exact) mass is 293 g/mol. The Kier molecular flexibility index (Phi) is 3.87. The molecule has 0 spiro atoms. The van der Waals surface area contributed by atoms with Crippen LogP contribution in [0.3, 0.4) is 0 Å². The fourth-order valence-corrected chi connectivity index (χ4v) is 3.83. The Morgan fingerprint density at radius 2 is 1.79 bits per heavy atom. The first kappa shape index (κ1) is 14.3. The molecule has 3 nitrogen and oxygen atoms in total. The molecule has 0 aromatic heterocycles. The predicted molar refractivity (Wildman–Crippen MR) is 64.5 cm³/mol. The molecule has 0 amide bonds. The van der Waals surface area contributed by atoms with Crippen LogP contribution in [0.2, 0.25) is 0 Å². The summed E-state index contributed by atoms with van der Waals surface area (Å²) in [6.07, 6.45) is -3.16. The van der Waals surface area contributed by atoms with Crippen LogP contribution in [0.25, 0.3) is 0 Å². The molecule has 0 radical (unpaired) electrons. The van der Waals surface area contributed by atoms with Crippen LogP contribution in [0.4, 0.5) is 13.2 Å². The van der Waals surface area contributed by atoms with Crippen LogP contribution in [0, 0.1) is 0 Å². The van der Waals surface area contributed by atoms with Crippen LogP contribution in [0.5, 0.6) is 0 Å². The van der Waals surface area contributed by atoms with E-state index in [1.807, 2.05) is 0 Å². The number of alkyl halides is 3. The Morgan fingerprint density at radius 1 is 1.16 bits per heavy atom. The zero-order valence-electron chi connectivity index (χ0n) is 10.1. The van der Waals surface area contributed by atoms with E-state index in [-0.39, 0.29) is 4.90 Å². The van der Waals surface area contributed by atoms with Crippen LogP contribution in [0.15, 0.2) is 29.2 Å². The van der Waals surface area contributed by atoms with Crippen molar-refractivity contribution < 1.29 is 21.6 Å². The predicted octanol–water partition coefficient (Wildman–Crippen LogP) is 2.23. The van der Waals surface area contributed by atoms with E-state index in [0.717, 1.165) is 37.2 Å². The molecule has 7 heteroatoms. The summed E-state index contributed by atoms with van der Waals surface area (Å²) in [6.45, 7) is 1.13. The molecule has 1 fully saturated rings. The number of benzene rings is 1. The van der Waals surface area contributed by atoms with Crippen molar-refractivity contribution in [2.45, 2.75) is 29.2 Å². The van der Waals surface area contributed by atoms with Crippen LogP contribution >= 0.6 is 0 Å². The minimum Gasteiger partial charge on any atom is -0.315 e. The average molecular weight is 293 g/mol. The van der Waals surface area contributed by atoms with Crippen LogP contribution in [-0.2, 0) is 16.0 Å². The SMILES string of the molecule is O=S(=O)(c1ccc(C(F)(F)F)cc1)C1CCCNC1. The molecule has 1 heterocycles. The summed E-state index contributed by atoms with van der Waals surface area (Å²) < 4.78 is 61.7. The lowest BCUT2D eigenvalue weighted by molar-refractivity contribution is -0.137. The topological polar surface area (TPSA) is 46.2 Å². The second kappa shape index (κ2) is 5.13. The van der Waals surface area contributed by atoms with Crippen molar-refractivity contribution in [3.8, 4) is 0 Å². The Bertz CT molecular complexity index is 531. The Labute approximate surface area is 109 Å². The van der Waals surface area contributed by atoms with Gasteiger partial charge in [-0.1, -0.05) is 0 Å². The third kappa shape index (κ3) is 3.09. The van der Waals surface area contributed by atoms with Crippen molar-refractivity contribution in [2.75, 3.05) is 13.1 Å². The molecular formula is C12H14F3NO2S. The van der Waals surface area contributed by atoms with Crippen molar-refractivity contribution in [1.82, 2.24) is 5.32 Å². The second-order valence-corrected chi connectivity index (χ2v) is 6.76. The number of halogens is 3. The molecule has 0 bridgehead atoms. The Balaban J connectivity index is 2.26. The third-order valence-corrected chi connectivity index (χ3v) is 5.41. The lowest BCUT2D eigenvalue weighted by Gasteiger charge is -2.23. The van der Waals surface area contributed by atoms with Crippen LogP contribution < -0.4 is 5.32 Å². The smallest absolute Gasteiger partial charge is 0.315 e. The van der Waals surface area contributed by atoms with Crippen molar-refractivity contribution in [3.05, 3.63) is 29.8 Å². The first-order chi connectivity index (χ1) is 8.82. The summed E-state index contributed by atoms with van der Waals surface area (Å²) in [7, 11) is -3.55. The van der Waals surface area contributed by atoms with Gasteiger partial charge in [-0.3, -0.25) is 0 Å². The highest BCUT2D eigenvalue weighted by Gasteiger charge is 2.32. The summed E-state index contributed by atoms with van der Waals surface area (Å²) in [5.41, 5.74) is -0.840. The van der Waals surface area contributed by atoms with E-state index in [0.29, 0.717) is 13.0 Å². The third-order valence-electron chi connectivity index (χ3n) is 3.20. The lowest BCUT2D eigenvalue weighted by Crippen LogP contribution is -2.38. The highest BCUT2D eigenvalue weighted by Crippen LogP contribution is 2.30. The van der Waals surface area contributed by atoms with Gasteiger partial charge in [-0.15, -0.1) is 0 Å². The van der Waals surface area contributed by atoms with Crippen molar-refractivity contribution in [3.63, 3.8) is 0 Å². The number of hydrogen-bond acceptors (Lipinski definition) is 3. The zero-order chi connectivity index (χ0) is 14.1. The average Bonchev–Trinajstić information content (AvgIpc) is 2.39. The minimum absolute atomic E-state index is 0.0470. The van der Waals surface area contributed by atoms with Crippen molar-refractivity contribution >= 4 is 9.84 Å². The number of rotatable bonds is 2. The van der Waals surface area contributed by atoms with E-state index in [9.17, 15) is 21.6 Å². The number of nitrogens with one attached hydrogen (secondary N) is 1. The number of sulfone groups is 1. The molecular weight excluding hydrogens is 279 g/mol. The van der Waals surface area contributed by atoms with E-state index in [4.69, 9.17) is 0 Å². The van der Waals surface area contributed by atoms with Crippen LogP contribution in [-0.4, -0.2) is 26.8 Å². The summed E-state index contributed by atoms with van der Waals surface area (Å²) in [5, 5.41) is 2.43. The Hall–Kier alpha value is -1.08. The van der Waals surface area contributed by atoms with E-state index in [1.54, 1.807) is 0 Å². The highest BCUT2D eigenvalue weighted by molar-refractivity contribution is 7.92. The lowest BCUT2D eigenvalue weighted by atomic mass is 10.2. The molecule has 1 aliphatic rings. The first-order valence-electron chi connectivity index (χ1n) is 5.94. The van der Waals surface area contributed by atoms with Gasteiger partial charge in [0.25, 0.3) is 0 Å². The molecule has 1 aliphatic heterocycles. The molecule has 1 unspecified atom stereocenters. The maximum Gasteiger partial charge on any atom is 0.416 e. The summed E-state index contributed by atoms with van der Waals surface area (Å²) in [4.78, 5) is -0.0470. The Morgan fingerprint density at radius 3 is 2.26 bits per heavy atom. The van der Waals surface area contributed by atoms with E-state index in [2.05, 4.69) is 5.32 Å². The van der Waals surface area contributed by atoms with Gasteiger partial charge in [0.05, 0.1) is 15.7 Å². The normalized spacial score (nSPS) is 21.3. The van der Waals surface area contributed by atoms with E-state index >= 15 is 0 Å². The molecule has 106 valence electrons. The number of hydrogen-bond donors (Lipinski definition) is 1. The molecule has 19 heavy (non-hydrogen) atoms. The van der Waals surface area contributed by atoms with Gasteiger partial charge in [0.2, 0.25) is 0 Å². The first-order valence-corrected chi connectivity index (χ1v) is 7.48. The summed E-state index contributed by atoms with van der Waals surface area (Å²) >= 11 is 0. The van der Waals surface area contributed by atoms with Gasteiger partial charge < -0.3 is 5.32 Å². The van der Waals surface area contributed by atoms with Gasteiger partial charge >= 0.3 is 6.18 Å². The molecule has 1 atom stereocenters. The second-order valence-electron chi connectivity index (χ2n) is 4.54. The maximum absolute atomic E-state index is 12.4. The molecule has 1 N–H and O–H groups in total. The quantitative estimate of drug-likeness (QED) is 0.909. The van der Waals surface area contributed by atoms with Crippen molar-refractivity contribution in [1.29, 1.82) is 0 Å². The standard InChI is InChI=1S/C12H14F3NO2S/c13-12(14,15)9-3-5-10(6-4-9)19(17,18)11-2-1-7-16-8-11/h3-6,11,16H,1-2,7-8H2. The van der Waals surface area contributed by atoms with Gasteiger partial charge in [0.1, 0.15) is 0 Å². The highest BCUT2D eigenvalue weighted by atomic mass is 32.2. The van der Waals surface area contributed by atoms with E-state index in [1.165, 1.54) is 0 Å². The molecule has 0 saturated carbocycles. The minimum atomic E-state index is -4.45.